The highest BCUT2D eigenvalue weighted by atomic mass is 35.5. The van der Waals surface area contributed by atoms with Crippen LogP contribution in [0.1, 0.15) is 21.5 Å². The molecule has 7 heteroatoms. The smallest absolute Gasteiger partial charge is 0.272 e. The van der Waals surface area contributed by atoms with E-state index in [-0.39, 0.29) is 5.70 Å². The number of ether oxygens (including phenoxy) is 2. The molecule has 32 heavy (non-hydrogen) atoms. The van der Waals surface area contributed by atoms with Gasteiger partial charge in [-0.1, -0.05) is 41.9 Å². The first-order valence-electron chi connectivity index (χ1n) is 9.79. The zero-order valence-electron chi connectivity index (χ0n) is 17.9. The summed E-state index contributed by atoms with van der Waals surface area (Å²) in [6.07, 6.45) is 1.56. The summed E-state index contributed by atoms with van der Waals surface area (Å²) < 4.78 is 10.6. The molecule has 0 radical (unpaired) electrons. The van der Waals surface area contributed by atoms with Crippen LogP contribution in [0.25, 0.3) is 6.08 Å². The molecule has 0 aromatic heterocycles. The van der Waals surface area contributed by atoms with Crippen LogP contribution < -0.4 is 20.1 Å². The van der Waals surface area contributed by atoms with Gasteiger partial charge in [-0.05, 0) is 55.0 Å². The Labute approximate surface area is 191 Å². The van der Waals surface area contributed by atoms with Crippen molar-refractivity contribution < 1.29 is 19.1 Å². The highest BCUT2D eigenvalue weighted by molar-refractivity contribution is 6.31. The number of anilines is 1. The second kappa shape index (κ2) is 10.5. The Morgan fingerprint density at radius 2 is 1.72 bits per heavy atom. The van der Waals surface area contributed by atoms with Crippen molar-refractivity contribution in [2.75, 3.05) is 19.5 Å². The monoisotopic (exact) mass is 450 g/mol. The number of benzene rings is 3. The topological polar surface area (TPSA) is 76.7 Å². The van der Waals surface area contributed by atoms with Crippen LogP contribution in [0.15, 0.2) is 72.4 Å². The second-order valence-electron chi connectivity index (χ2n) is 6.90. The number of halogens is 1. The van der Waals surface area contributed by atoms with Crippen molar-refractivity contribution in [3.63, 3.8) is 0 Å². The lowest BCUT2D eigenvalue weighted by atomic mass is 10.1. The molecule has 0 saturated heterocycles. The van der Waals surface area contributed by atoms with Crippen LogP contribution in [0.2, 0.25) is 5.02 Å². The van der Waals surface area contributed by atoms with Gasteiger partial charge >= 0.3 is 0 Å². The van der Waals surface area contributed by atoms with Gasteiger partial charge in [0.1, 0.15) is 17.2 Å². The average Bonchev–Trinajstić information content (AvgIpc) is 2.81. The fraction of sp³-hybridized carbons (Fsp3) is 0.120. The van der Waals surface area contributed by atoms with Gasteiger partial charge < -0.3 is 20.1 Å². The third-order valence-electron chi connectivity index (χ3n) is 4.71. The van der Waals surface area contributed by atoms with Gasteiger partial charge in [-0.2, -0.15) is 0 Å². The van der Waals surface area contributed by atoms with Gasteiger partial charge in [0.15, 0.2) is 0 Å². The normalized spacial score (nSPS) is 10.9. The summed E-state index contributed by atoms with van der Waals surface area (Å²) in [6.45, 7) is 1.85. The molecule has 3 aromatic carbocycles. The molecule has 0 spiro atoms. The van der Waals surface area contributed by atoms with Crippen molar-refractivity contribution in [2.45, 2.75) is 6.92 Å². The molecule has 0 atom stereocenters. The molecule has 0 saturated carbocycles. The van der Waals surface area contributed by atoms with Crippen LogP contribution in [-0.4, -0.2) is 26.0 Å². The zero-order valence-corrected chi connectivity index (χ0v) is 18.7. The van der Waals surface area contributed by atoms with Gasteiger partial charge in [-0.25, -0.2) is 0 Å². The minimum absolute atomic E-state index is 0.0432. The predicted octanol–water partition coefficient (Wildman–Crippen LogP) is 5.08. The molecular formula is C25H23ClN2O4. The highest BCUT2D eigenvalue weighted by Gasteiger charge is 2.17. The standard InChI is InChI=1S/C25H23ClN2O4/c1-16-11-12-19(26)15-21(16)27-25(30)22(14-17-7-4-5-10-23(17)32-3)28-24(29)18-8-6-9-20(13-18)31-2/h4-15H,1-3H3,(H,27,30)(H,28,29)/b22-14-. The first-order valence-corrected chi connectivity index (χ1v) is 10.2. The van der Waals surface area contributed by atoms with Crippen molar-refractivity contribution in [3.8, 4) is 11.5 Å². The predicted molar refractivity (Wildman–Crippen MR) is 126 cm³/mol. The average molecular weight is 451 g/mol. The first-order chi connectivity index (χ1) is 15.4. The Morgan fingerprint density at radius 3 is 2.47 bits per heavy atom. The van der Waals surface area contributed by atoms with Crippen LogP contribution in [-0.2, 0) is 4.79 Å². The van der Waals surface area contributed by atoms with Gasteiger partial charge in [0.2, 0.25) is 0 Å². The summed E-state index contributed by atoms with van der Waals surface area (Å²) in [4.78, 5) is 26.1. The number of amides is 2. The van der Waals surface area contributed by atoms with E-state index in [1.165, 1.54) is 14.2 Å². The van der Waals surface area contributed by atoms with Crippen molar-refractivity contribution in [1.82, 2.24) is 5.32 Å². The van der Waals surface area contributed by atoms with Crippen LogP contribution in [0.5, 0.6) is 11.5 Å². The van der Waals surface area contributed by atoms with Gasteiger partial charge in [0, 0.05) is 21.8 Å². The fourth-order valence-electron chi connectivity index (χ4n) is 2.98. The zero-order chi connectivity index (χ0) is 23.1. The van der Waals surface area contributed by atoms with Crippen molar-refractivity contribution in [2.24, 2.45) is 0 Å². The lowest BCUT2D eigenvalue weighted by molar-refractivity contribution is -0.113. The summed E-state index contributed by atoms with van der Waals surface area (Å²) in [5.41, 5.74) is 2.40. The van der Waals surface area contributed by atoms with Crippen LogP contribution >= 0.6 is 11.6 Å². The van der Waals surface area contributed by atoms with Gasteiger partial charge in [0.25, 0.3) is 11.8 Å². The Morgan fingerprint density at radius 1 is 0.938 bits per heavy atom. The molecule has 0 bridgehead atoms. The van der Waals surface area contributed by atoms with Crippen LogP contribution in [0.3, 0.4) is 0 Å². The number of hydrogen-bond donors (Lipinski definition) is 2. The second-order valence-corrected chi connectivity index (χ2v) is 7.34. The third-order valence-corrected chi connectivity index (χ3v) is 4.95. The maximum Gasteiger partial charge on any atom is 0.272 e. The molecule has 0 aliphatic carbocycles. The quantitative estimate of drug-likeness (QED) is 0.492. The number of para-hydroxylation sites is 1. The molecule has 3 rings (SSSR count). The number of rotatable bonds is 7. The minimum Gasteiger partial charge on any atom is -0.497 e. The number of aryl methyl sites for hydroxylation is 1. The largest absolute Gasteiger partial charge is 0.497 e. The van der Waals surface area contributed by atoms with E-state index in [1.807, 2.05) is 19.1 Å². The molecule has 0 fully saturated rings. The van der Waals surface area contributed by atoms with E-state index >= 15 is 0 Å². The molecule has 6 nitrogen and oxygen atoms in total. The Balaban J connectivity index is 1.96. The van der Waals surface area contributed by atoms with E-state index in [0.29, 0.717) is 33.3 Å². The maximum atomic E-state index is 13.2. The minimum atomic E-state index is -0.502. The van der Waals surface area contributed by atoms with Gasteiger partial charge in [0.05, 0.1) is 14.2 Å². The first kappa shape index (κ1) is 22.9. The van der Waals surface area contributed by atoms with Crippen molar-refractivity contribution in [3.05, 3.63) is 94.1 Å². The lowest BCUT2D eigenvalue weighted by Gasteiger charge is -2.14. The van der Waals surface area contributed by atoms with Crippen molar-refractivity contribution in [1.29, 1.82) is 0 Å². The summed E-state index contributed by atoms with van der Waals surface area (Å²) in [5.74, 6) is 0.139. The van der Waals surface area contributed by atoms with Crippen molar-refractivity contribution >= 4 is 35.2 Å². The molecule has 0 unspecified atom stereocenters. The van der Waals surface area contributed by atoms with Gasteiger partial charge in [-0.15, -0.1) is 0 Å². The molecule has 3 aromatic rings. The number of carbonyl (C=O) groups is 2. The van der Waals surface area contributed by atoms with Crippen LogP contribution in [0.4, 0.5) is 5.69 Å². The molecule has 2 amide bonds. The number of nitrogens with one attached hydrogen (secondary N) is 2. The summed E-state index contributed by atoms with van der Waals surface area (Å²) in [7, 11) is 3.06. The highest BCUT2D eigenvalue weighted by Crippen LogP contribution is 2.23. The molecule has 2 N–H and O–H groups in total. The Bertz CT molecular complexity index is 1170. The summed E-state index contributed by atoms with van der Waals surface area (Å²) in [5, 5.41) is 6.01. The Hall–Kier alpha value is -3.77. The molecule has 0 aliphatic rings. The third kappa shape index (κ3) is 5.68. The van der Waals surface area contributed by atoms with E-state index < -0.39 is 11.8 Å². The van der Waals surface area contributed by atoms with Gasteiger partial charge in [-0.3, -0.25) is 9.59 Å². The molecular weight excluding hydrogens is 428 g/mol. The number of methoxy groups -OCH3 is 2. The number of carbonyl (C=O) groups excluding carboxylic acids is 2. The van der Waals surface area contributed by atoms with E-state index in [0.717, 1.165) is 5.56 Å². The van der Waals surface area contributed by atoms with E-state index in [4.69, 9.17) is 21.1 Å². The summed E-state index contributed by atoms with van der Waals surface area (Å²) in [6, 6.07) is 19.0. The number of hydrogen-bond acceptors (Lipinski definition) is 4. The maximum absolute atomic E-state index is 13.2. The van der Waals surface area contributed by atoms with E-state index in [1.54, 1.807) is 60.7 Å². The van der Waals surface area contributed by atoms with Crippen LogP contribution in [0, 0.1) is 6.92 Å². The molecule has 0 heterocycles. The van der Waals surface area contributed by atoms with E-state index in [2.05, 4.69) is 10.6 Å². The lowest BCUT2D eigenvalue weighted by Crippen LogP contribution is -2.31. The molecule has 164 valence electrons. The SMILES string of the molecule is COc1cccc(C(=O)N/C(=C\c2ccccc2OC)C(=O)Nc2cc(Cl)ccc2C)c1. The fourth-order valence-corrected chi connectivity index (χ4v) is 3.15. The Kier molecular flexibility index (Phi) is 7.52. The van der Waals surface area contributed by atoms with E-state index in [9.17, 15) is 9.59 Å². The molecule has 0 aliphatic heterocycles. The summed E-state index contributed by atoms with van der Waals surface area (Å²) >= 11 is 6.08.